The number of H-pyrrole nitrogens is 1. The molecule has 7 rings (SSSR count). The van der Waals surface area contributed by atoms with Crippen molar-refractivity contribution in [2.24, 2.45) is 0 Å². The Hall–Kier alpha value is -5.89. The number of nitrogens with one attached hydrogen (secondary N) is 4. The highest BCUT2D eigenvalue weighted by Gasteiger charge is 2.27. The monoisotopic (exact) mass is 746 g/mol. The van der Waals surface area contributed by atoms with E-state index in [0.717, 1.165) is 41.2 Å². The molecule has 13 heteroatoms. The smallest absolute Gasteiger partial charge is 0.411 e. The molecule has 2 aliphatic rings. The third-order valence-electron chi connectivity index (χ3n) is 10.3. The molecule has 1 aromatic heterocycles. The van der Waals surface area contributed by atoms with E-state index in [1.165, 1.54) is 12.1 Å². The number of nitrogens with zero attached hydrogens (tertiary/aromatic N) is 2. The second kappa shape index (κ2) is 17.1. The van der Waals surface area contributed by atoms with Crippen LogP contribution in [0.3, 0.4) is 0 Å². The minimum atomic E-state index is -0.907. The van der Waals surface area contributed by atoms with Crippen LogP contribution in [0.25, 0.3) is 22.0 Å². The molecule has 2 aliphatic heterocycles. The predicted molar refractivity (Wildman–Crippen MR) is 213 cm³/mol. The van der Waals surface area contributed by atoms with Crippen LogP contribution >= 0.6 is 0 Å². The first-order valence-corrected chi connectivity index (χ1v) is 18.6. The first-order valence-electron chi connectivity index (χ1n) is 18.6. The summed E-state index contributed by atoms with van der Waals surface area (Å²) in [5.74, 6) is 0.575. The van der Waals surface area contributed by atoms with Gasteiger partial charge in [-0.05, 0) is 48.2 Å². The Morgan fingerprint density at radius 3 is 2.55 bits per heavy atom. The van der Waals surface area contributed by atoms with Gasteiger partial charge in [0.15, 0.2) is 0 Å². The van der Waals surface area contributed by atoms with Crippen LogP contribution in [-0.2, 0) is 16.1 Å². The first-order chi connectivity index (χ1) is 26.8. The zero-order chi connectivity index (χ0) is 38.3. The number of para-hydroxylation sites is 1. The van der Waals surface area contributed by atoms with E-state index in [1.54, 1.807) is 19.2 Å². The normalized spacial score (nSPS) is 15.2. The predicted octanol–water partition coefficient (Wildman–Crippen LogP) is 5.59. The van der Waals surface area contributed by atoms with Crippen LogP contribution in [-0.4, -0.2) is 84.6 Å². The maximum Gasteiger partial charge on any atom is 0.411 e. The lowest BCUT2D eigenvalue weighted by atomic mass is 10.0. The van der Waals surface area contributed by atoms with Gasteiger partial charge in [-0.1, -0.05) is 54.6 Å². The number of methoxy groups -OCH3 is 1. The average molecular weight is 747 g/mol. The Bertz CT molecular complexity index is 2200. The van der Waals surface area contributed by atoms with Crippen molar-refractivity contribution in [3.05, 3.63) is 112 Å². The topological polar surface area (TPSA) is 168 Å². The maximum absolute atomic E-state index is 13.6. The molecule has 0 aliphatic carbocycles. The number of aromatic nitrogens is 1. The largest absolute Gasteiger partial charge is 0.506 e. The number of aliphatic hydroxyl groups is 1. The van der Waals surface area contributed by atoms with Crippen molar-refractivity contribution < 1.29 is 29.3 Å². The highest BCUT2D eigenvalue weighted by molar-refractivity contribution is 5.98. The van der Waals surface area contributed by atoms with E-state index in [9.17, 15) is 24.6 Å². The fourth-order valence-electron chi connectivity index (χ4n) is 7.38. The summed E-state index contributed by atoms with van der Waals surface area (Å²) in [4.78, 5) is 44.9. The van der Waals surface area contributed by atoms with Gasteiger partial charge in [-0.2, -0.15) is 0 Å². The van der Waals surface area contributed by atoms with Crippen LogP contribution in [0.4, 0.5) is 21.9 Å². The molecular weight excluding hydrogens is 700 g/mol. The van der Waals surface area contributed by atoms with E-state index < -0.39 is 12.2 Å². The summed E-state index contributed by atoms with van der Waals surface area (Å²) in [5, 5.41) is 31.4. The lowest BCUT2D eigenvalue weighted by molar-refractivity contribution is -0.119. The number of piperidine rings is 1. The number of carbonyl (C=O) groups is 2. The third-order valence-corrected chi connectivity index (χ3v) is 10.3. The first kappa shape index (κ1) is 37.4. The highest BCUT2D eigenvalue weighted by atomic mass is 16.6. The van der Waals surface area contributed by atoms with Crippen LogP contribution in [0.2, 0.25) is 0 Å². The molecule has 4 aromatic carbocycles. The van der Waals surface area contributed by atoms with E-state index in [4.69, 9.17) is 9.47 Å². The number of carbonyl (C=O) groups excluding carboxylic acids is 2. The minimum Gasteiger partial charge on any atom is -0.506 e. The summed E-state index contributed by atoms with van der Waals surface area (Å²) in [5.41, 5.74) is 5.60. The van der Waals surface area contributed by atoms with Gasteiger partial charge in [0, 0.05) is 80.9 Å². The number of phenolic OH excluding ortho intramolecular Hbond substituents is 1. The van der Waals surface area contributed by atoms with Crippen molar-refractivity contribution in [2.45, 2.75) is 38.0 Å². The maximum atomic E-state index is 13.6. The molecule has 13 nitrogen and oxygen atoms in total. The Balaban J connectivity index is 0.895. The molecule has 0 radical (unpaired) electrons. The van der Waals surface area contributed by atoms with Gasteiger partial charge in [-0.15, -0.1) is 0 Å². The number of aromatic amines is 1. The standard InChI is InChI=1S/C42H46N6O7/c1-54-38-24-35-34(23-28(38)25-43-26-37(50)31-11-13-36(49)41-32(31)12-14-39(51)46-41)44-18-22-48(35)40(52)17-21-47-19-15-29(16-20-47)55-42(53)45-33-10-6-5-9-30(33)27-7-3-2-4-8-27/h2-14,23-24,29,37,43-44,49-50H,15-22,25-26H2,1H3,(H,45,53)(H,46,51)/t37-/m0/s1. The molecule has 1 saturated heterocycles. The molecule has 0 unspecified atom stereocenters. The summed E-state index contributed by atoms with van der Waals surface area (Å²) in [6.07, 6.45) is 0.157. The van der Waals surface area contributed by atoms with Crippen molar-refractivity contribution in [2.75, 3.05) is 61.9 Å². The number of benzene rings is 4. The number of hydrogen-bond donors (Lipinski definition) is 6. The minimum absolute atomic E-state index is 0.0242. The van der Waals surface area contributed by atoms with Gasteiger partial charge in [0.25, 0.3) is 0 Å². The molecule has 3 heterocycles. The highest BCUT2D eigenvalue weighted by Crippen LogP contribution is 2.37. The fourth-order valence-corrected chi connectivity index (χ4v) is 7.38. The van der Waals surface area contributed by atoms with Crippen LogP contribution in [0.15, 0.2) is 95.8 Å². The van der Waals surface area contributed by atoms with E-state index in [1.807, 2.05) is 71.6 Å². The Morgan fingerprint density at radius 1 is 0.964 bits per heavy atom. The molecule has 1 fully saturated rings. The summed E-state index contributed by atoms with van der Waals surface area (Å²) in [6.45, 7) is 3.79. The molecule has 5 aromatic rings. The van der Waals surface area contributed by atoms with E-state index >= 15 is 0 Å². The summed E-state index contributed by atoms with van der Waals surface area (Å²) in [6, 6.07) is 27.5. The van der Waals surface area contributed by atoms with Crippen molar-refractivity contribution in [1.29, 1.82) is 0 Å². The number of fused-ring (bicyclic) bond motifs is 2. The van der Waals surface area contributed by atoms with Crippen molar-refractivity contribution in [3.8, 4) is 22.6 Å². The van der Waals surface area contributed by atoms with Gasteiger partial charge in [-0.3, -0.25) is 14.9 Å². The second-order valence-corrected chi connectivity index (χ2v) is 13.8. The number of anilines is 3. The van der Waals surface area contributed by atoms with Gasteiger partial charge < -0.3 is 45.1 Å². The third kappa shape index (κ3) is 8.75. The molecule has 55 heavy (non-hydrogen) atoms. The fraction of sp³-hybridized carbons (Fsp3) is 0.310. The second-order valence-electron chi connectivity index (χ2n) is 13.8. The van der Waals surface area contributed by atoms with E-state index in [0.29, 0.717) is 67.8 Å². The van der Waals surface area contributed by atoms with Crippen LogP contribution in [0.5, 0.6) is 11.5 Å². The van der Waals surface area contributed by atoms with E-state index in [2.05, 4.69) is 25.8 Å². The molecule has 2 amide bonds. The zero-order valence-electron chi connectivity index (χ0n) is 30.7. The summed E-state index contributed by atoms with van der Waals surface area (Å²) >= 11 is 0. The number of likely N-dealkylation sites (tertiary alicyclic amines) is 1. The van der Waals surface area contributed by atoms with Gasteiger partial charge in [0.1, 0.15) is 17.6 Å². The van der Waals surface area contributed by atoms with Gasteiger partial charge in [0.05, 0.1) is 35.8 Å². The molecule has 286 valence electrons. The zero-order valence-corrected chi connectivity index (χ0v) is 30.7. The number of aromatic hydroxyl groups is 1. The Labute approximate surface area is 318 Å². The summed E-state index contributed by atoms with van der Waals surface area (Å²) in [7, 11) is 1.59. The number of ether oxygens (including phenoxy) is 2. The number of amides is 2. The number of aliphatic hydroxyl groups excluding tert-OH is 1. The lowest BCUT2D eigenvalue weighted by Crippen LogP contribution is -2.43. The van der Waals surface area contributed by atoms with Gasteiger partial charge in [0.2, 0.25) is 11.5 Å². The molecule has 0 saturated carbocycles. The van der Waals surface area contributed by atoms with Crippen LogP contribution in [0, 0.1) is 0 Å². The van der Waals surface area contributed by atoms with Gasteiger partial charge in [-0.25, -0.2) is 4.79 Å². The number of rotatable bonds is 12. The average Bonchev–Trinajstić information content (AvgIpc) is 3.20. The van der Waals surface area contributed by atoms with Crippen LogP contribution in [0.1, 0.15) is 36.5 Å². The number of pyridine rings is 1. The van der Waals surface area contributed by atoms with Crippen molar-refractivity contribution >= 4 is 40.0 Å². The van der Waals surface area contributed by atoms with Crippen molar-refractivity contribution in [3.63, 3.8) is 0 Å². The molecule has 1 atom stereocenters. The number of phenols is 1. The van der Waals surface area contributed by atoms with Crippen LogP contribution < -0.4 is 31.1 Å². The Morgan fingerprint density at radius 2 is 1.75 bits per heavy atom. The molecule has 0 bridgehead atoms. The quantitative estimate of drug-likeness (QED) is 0.0947. The Kier molecular flexibility index (Phi) is 11.6. The lowest BCUT2D eigenvalue weighted by Gasteiger charge is -2.34. The van der Waals surface area contributed by atoms with E-state index in [-0.39, 0.29) is 35.4 Å². The van der Waals surface area contributed by atoms with Crippen molar-refractivity contribution in [1.82, 2.24) is 15.2 Å². The molecular formula is C42H46N6O7. The number of hydrogen-bond acceptors (Lipinski definition) is 10. The molecule has 0 spiro atoms. The van der Waals surface area contributed by atoms with Gasteiger partial charge >= 0.3 is 6.09 Å². The SMILES string of the molecule is COc1cc2c(cc1CNC[C@H](O)c1ccc(O)c3[nH]c(=O)ccc13)NCCN2C(=O)CCN1CCC(OC(=O)Nc2ccccc2-c2ccccc2)CC1. The molecule has 6 N–H and O–H groups in total. The summed E-state index contributed by atoms with van der Waals surface area (Å²) < 4.78 is 11.5.